The van der Waals surface area contributed by atoms with E-state index in [0.29, 0.717) is 11.4 Å². The van der Waals surface area contributed by atoms with Crippen LogP contribution in [-0.2, 0) is 11.2 Å². The van der Waals surface area contributed by atoms with Gasteiger partial charge in [0.05, 0.1) is 23.1 Å². The van der Waals surface area contributed by atoms with Crippen molar-refractivity contribution < 1.29 is 9.18 Å². The van der Waals surface area contributed by atoms with Gasteiger partial charge in [-0.3, -0.25) is 4.79 Å². The Bertz CT molecular complexity index is 881. The lowest BCUT2D eigenvalue weighted by Gasteiger charge is -2.15. The van der Waals surface area contributed by atoms with Gasteiger partial charge in [0.1, 0.15) is 5.82 Å². The molecule has 0 radical (unpaired) electrons. The molecule has 5 nitrogen and oxygen atoms in total. The van der Waals surface area contributed by atoms with Crippen LogP contribution in [0.5, 0.6) is 0 Å². The number of carbonyl (C=O) groups is 1. The van der Waals surface area contributed by atoms with E-state index in [9.17, 15) is 14.1 Å². The molecule has 0 aliphatic heterocycles. The van der Waals surface area contributed by atoms with Crippen molar-refractivity contribution in [2.45, 2.75) is 6.42 Å². The molecular formula is C20H16FN3O2. The number of para-hydroxylation sites is 1. The van der Waals surface area contributed by atoms with Gasteiger partial charge in [-0.25, -0.2) is 4.39 Å². The second-order valence-corrected chi connectivity index (χ2v) is 5.63. The molecule has 0 aliphatic rings. The van der Waals surface area contributed by atoms with Crippen LogP contribution in [0.4, 0.5) is 21.5 Å². The molecule has 0 aromatic heterocycles. The van der Waals surface area contributed by atoms with Crippen LogP contribution in [-0.4, -0.2) is 5.91 Å². The molecule has 0 saturated heterocycles. The summed E-state index contributed by atoms with van der Waals surface area (Å²) in [6, 6.07) is 21.6. The fourth-order valence-electron chi connectivity index (χ4n) is 2.49. The number of anilines is 3. The first-order valence-corrected chi connectivity index (χ1v) is 7.98. The van der Waals surface area contributed by atoms with Crippen LogP contribution in [0.3, 0.4) is 0 Å². The van der Waals surface area contributed by atoms with E-state index in [0.717, 1.165) is 16.3 Å². The number of nitrogens with one attached hydrogen (secondary N) is 1. The van der Waals surface area contributed by atoms with Gasteiger partial charge in [0.25, 0.3) is 0 Å². The zero-order valence-corrected chi connectivity index (χ0v) is 13.8. The van der Waals surface area contributed by atoms with Crippen molar-refractivity contribution in [3.8, 4) is 0 Å². The molecule has 0 aliphatic carbocycles. The summed E-state index contributed by atoms with van der Waals surface area (Å²) < 4.78 is 13.0. The number of rotatable bonds is 6. The van der Waals surface area contributed by atoms with Gasteiger partial charge in [0.2, 0.25) is 5.91 Å². The van der Waals surface area contributed by atoms with Crippen molar-refractivity contribution in [2.75, 3.05) is 10.3 Å². The van der Waals surface area contributed by atoms with Crippen molar-refractivity contribution in [1.29, 1.82) is 0 Å². The van der Waals surface area contributed by atoms with Crippen molar-refractivity contribution in [3.63, 3.8) is 0 Å². The van der Waals surface area contributed by atoms with Gasteiger partial charge in [0.15, 0.2) is 0 Å². The maximum absolute atomic E-state index is 13.0. The molecule has 0 spiro atoms. The summed E-state index contributed by atoms with van der Waals surface area (Å²) in [5.74, 6) is -0.521. The second-order valence-electron chi connectivity index (χ2n) is 5.63. The number of hydrogen-bond donors (Lipinski definition) is 1. The highest BCUT2D eigenvalue weighted by molar-refractivity contribution is 5.92. The molecule has 0 bridgehead atoms. The molecule has 0 atom stereocenters. The Morgan fingerprint density at radius 3 is 2.04 bits per heavy atom. The van der Waals surface area contributed by atoms with Gasteiger partial charge < -0.3 is 5.32 Å². The summed E-state index contributed by atoms with van der Waals surface area (Å²) in [5.41, 5.74) is 2.52. The third kappa shape index (κ3) is 4.30. The van der Waals surface area contributed by atoms with Gasteiger partial charge >= 0.3 is 0 Å². The number of hydrogen-bond acceptors (Lipinski definition) is 3. The van der Waals surface area contributed by atoms with Crippen LogP contribution >= 0.6 is 0 Å². The predicted molar refractivity (Wildman–Crippen MR) is 99.6 cm³/mol. The Labute approximate surface area is 150 Å². The van der Waals surface area contributed by atoms with Crippen LogP contribution in [0.2, 0.25) is 0 Å². The van der Waals surface area contributed by atoms with Crippen molar-refractivity contribution >= 4 is 23.0 Å². The molecule has 0 saturated carbocycles. The van der Waals surface area contributed by atoms with E-state index in [4.69, 9.17) is 0 Å². The number of nitroso groups, excluding NO2 is 1. The lowest BCUT2D eigenvalue weighted by atomic mass is 10.1. The van der Waals surface area contributed by atoms with Gasteiger partial charge in [-0.15, -0.1) is 4.91 Å². The first kappa shape index (κ1) is 17.3. The molecule has 3 rings (SSSR count). The van der Waals surface area contributed by atoms with Crippen LogP contribution in [0.1, 0.15) is 5.56 Å². The van der Waals surface area contributed by atoms with E-state index in [1.165, 1.54) is 24.3 Å². The molecule has 130 valence electrons. The molecular weight excluding hydrogens is 333 g/mol. The Kier molecular flexibility index (Phi) is 5.34. The lowest BCUT2D eigenvalue weighted by Crippen LogP contribution is -2.14. The average Bonchev–Trinajstić information content (AvgIpc) is 2.66. The molecule has 26 heavy (non-hydrogen) atoms. The van der Waals surface area contributed by atoms with Crippen LogP contribution < -0.4 is 10.3 Å². The quantitative estimate of drug-likeness (QED) is 0.512. The van der Waals surface area contributed by atoms with Gasteiger partial charge in [-0.2, -0.15) is 5.01 Å². The highest BCUT2D eigenvalue weighted by Gasteiger charge is 2.11. The van der Waals surface area contributed by atoms with Crippen molar-refractivity contribution in [1.82, 2.24) is 0 Å². The monoisotopic (exact) mass is 349 g/mol. The topological polar surface area (TPSA) is 61.8 Å². The fourth-order valence-corrected chi connectivity index (χ4v) is 2.49. The third-order valence-corrected chi connectivity index (χ3v) is 3.76. The highest BCUT2D eigenvalue weighted by atomic mass is 19.1. The Balaban J connectivity index is 1.68. The largest absolute Gasteiger partial charge is 0.326 e. The summed E-state index contributed by atoms with van der Waals surface area (Å²) in [4.78, 5) is 23.3. The molecule has 0 heterocycles. The van der Waals surface area contributed by atoms with E-state index in [2.05, 4.69) is 10.6 Å². The minimum Gasteiger partial charge on any atom is -0.326 e. The van der Waals surface area contributed by atoms with Crippen LogP contribution in [0.15, 0.2) is 84.1 Å². The first-order chi connectivity index (χ1) is 12.7. The summed E-state index contributed by atoms with van der Waals surface area (Å²) in [6.07, 6.45) is 0.209. The molecule has 3 aromatic rings. The minimum atomic E-state index is -0.389. The van der Waals surface area contributed by atoms with Crippen molar-refractivity contribution in [2.24, 2.45) is 5.29 Å². The third-order valence-electron chi connectivity index (χ3n) is 3.76. The second kappa shape index (κ2) is 8.02. The summed E-state index contributed by atoms with van der Waals surface area (Å²) in [7, 11) is 0. The summed E-state index contributed by atoms with van der Waals surface area (Å²) in [6.45, 7) is 0. The molecule has 0 unspecified atom stereocenters. The maximum atomic E-state index is 13.0. The smallest absolute Gasteiger partial charge is 0.228 e. The maximum Gasteiger partial charge on any atom is 0.228 e. The normalized spacial score (nSPS) is 10.2. The summed E-state index contributed by atoms with van der Waals surface area (Å²) in [5, 5.41) is 6.96. The molecule has 3 aromatic carbocycles. The molecule has 1 N–H and O–H groups in total. The number of amides is 1. The SMILES string of the molecule is O=NN(c1ccc(F)cc1)c1ccc(CC(=O)Nc2ccccc2)cc1. The number of halogens is 1. The van der Waals surface area contributed by atoms with E-state index in [1.807, 2.05) is 30.3 Å². The summed E-state index contributed by atoms with van der Waals surface area (Å²) >= 11 is 0. The molecule has 0 fully saturated rings. The zero-order valence-electron chi connectivity index (χ0n) is 13.8. The number of benzene rings is 3. The Hall–Kier alpha value is -3.54. The van der Waals surface area contributed by atoms with Crippen LogP contribution in [0, 0.1) is 10.7 Å². The van der Waals surface area contributed by atoms with Crippen molar-refractivity contribution in [3.05, 3.63) is 95.2 Å². The van der Waals surface area contributed by atoms with Crippen LogP contribution in [0.25, 0.3) is 0 Å². The van der Waals surface area contributed by atoms with Gasteiger partial charge in [-0.1, -0.05) is 30.3 Å². The zero-order chi connectivity index (χ0) is 18.4. The minimum absolute atomic E-state index is 0.132. The highest BCUT2D eigenvalue weighted by Crippen LogP contribution is 2.26. The van der Waals surface area contributed by atoms with Gasteiger partial charge in [-0.05, 0) is 54.1 Å². The predicted octanol–water partition coefficient (Wildman–Crippen LogP) is 4.83. The van der Waals surface area contributed by atoms with Gasteiger partial charge in [0, 0.05) is 5.69 Å². The van der Waals surface area contributed by atoms with E-state index < -0.39 is 0 Å². The standard InChI is InChI=1S/C20H16FN3O2/c21-16-8-12-19(13-9-16)24(23-26)18-10-6-15(7-11-18)14-20(25)22-17-4-2-1-3-5-17/h1-13H,14H2,(H,22,25). The lowest BCUT2D eigenvalue weighted by molar-refractivity contribution is -0.115. The fraction of sp³-hybridized carbons (Fsp3) is 0.0500. The van der Waals surface area contributed by atoms with E-state index >= 15 is 0 Å². The molecule has 6 heteroatoms. The Morgan fingerprint density at radius 2 is 1.46 bits per heavy atom. The van der Waals surface area contributed by atoms with E-state index in [-0.39, 0.29) is 18.1 Å². The Morgan fingerprint density at radius 1 is 0.885 bits per heavy atom. The molecule has 1 amide bonds. The number of carbonyl (C=O) groups excluding carboxylic acids is 1. The first-order valence-electron chi connectivity index (χ1n) is 7.98. The number of nitrogens with zero attached hydrogens (tertiary/aromatic N) is 2. The average molecular weight is 349 g/mol. The van der Waals surface area contributed by atoms with E-state index in [1.54, 1.807) is 24.3 Å².